The number of primary amides is 1. The van der Waals surface area contributed by atoms with Gasteiger partial charge in [0.15, 0.2) is 11.4 Å². The Labute approximate surface area is 350 Å². The maximum Gasteiger partial charge on any atom is 0.276 e. The second kappa shape index (κ2) is 15.0. The number of rotatable bonds is 6. The third-order valence-electron chi connectivity index (χ3n) is 11.7. The largest absolute Gasteiger partial charge is 0.369 e. The number of hydrogen-bond donors (Lipinski definition) is 4. The first kappa shape index (κ1) is 39.1. The summed E-state index contributed by atoms with van der Waals surface area (Å²) in [4.78, 5) is 65.8. The lowest BCUT2D eigenvalue weighted by Crippen LogP contribution is -2.37. The molecule has 1 aliphatic carbocycles. The molecular weight excluding hydrogens is 779 g/mol. The lowest BCUT2D eigenvalue weighted by atomic mass is 10.0. The second-order valence-corrected chi connectivity index (χ2v) is 15.8. The second-order valence-electron chi connectivity index (χ2n) is 15.8. The van der Waals surface area contributed by atoms with Crippen molar-refractivity contribution in [1.82, 2.24) is 39.3 Å². The number of anilines is 2. The Morgan fingerprint density at radius 3 is 2.13 bits per heavy atom. The zero-order valence-corrected chi connectivity index (χ0v) is 33.5. The van der Waals surface area contributed by atoms with Crippen LogP contribution in [0.25, 0.3) is 11.4 Å². The van der Waals surface area contributed by atoms with Gasteiger partial charge in [-0.05, 0) is 61.7 Å². The van der Waals surface area contributed by atoms with Gasteiger partial charge in [-0.2, -0.15) is 10.2 Å². The molecule has 17 heteroatoms. The predicted octanol–water partition coefficient (Wildman–Crippen LogP) is 1.14. The first-order valence-corrected chi connectivity index (χ1v) is 19.9. The van der Waals surface area contributed by atoms with E-state index in [1.54, 1.807) is 72.1 Å². The summed E-state index contributed by atoms with van der Waals surface area (Å²) < 4.78 is 3.36. The summed E-state index contributed by atoms with van der Waals surface area (Å²) in [5.41, 5.74) is 7.88. The molecule has 3 aromatic heterocycles. The number of carbonyl (C=O) groups is 4. The molecule has 9 rings (SSSR count). The number of nitrogens with one attached hydrogen (secondary N) is 1. The minimum atomic E-state index is -1.87. The van der Waals surface area contributed by atoms with Crippen LogP contribution in [0.1, 0.15) is 73.9 Å². The highest BCUT2D eigenvalue weighted by Crippen LogP contribution is 2.32. The van der Waals surface area contributed by atoms with Gasteiger partial charge in [0.2, 0.25) is 11.2 Å². The van der Waals surface area contributed by atoms with Crippen molar-refractivity contribution in [2.24, 2.45) is 5.73 Å². The first-order valence-electron chi connectivity index (χ1n) is 19.9. The number of benzene rings is 2. The van der Waals surface area contributed by atoms with Crippen molar-refractivity contribution in [1.29, 1.82) is 0 Å². The number of likely N-dealkylation sites (N-methyl/N-ethyl adjacent to an activating group) is 2. The predicted molar refractivity (Wildman–Crippen MR) is 221 cm³/mol. The number of aliphatic hydroxyl groups is 2. The molecule has 4 aliphatic rings. The molecule has 5 N–H and O–H groups in total. The van der Waals surface area contributed by atoms with Crippen molar-refractivity contribution in [2.45, 2.75) is 56.3 Å². The van der Waals surface area contributed by atoms with E-state index < -0.39 is 34.8 Å². The number of aromatic nitrogens is 6. The molecule has 0 spiro atoms. The highest BCUT2D eigenvalue weighted by atomic mass is 16.3. The number of nitrogens with two attached hydrogens (primary N) is 1. The molecule has 0 bridgehead atoms. The van der Waals surface area contributed by atoms with E-state index in [1.165, 1.54) is 16.1 Å². The van der Waals surface area contributed by atoms with Crippen LogP contribution in [0.15, 0.2) is 61.1 Å². The quantitative estimate of drug-likeness (QED) is 0.178. The van der Waals surface area contributed by atoms with E-state index >= 15 is 0 Å². The van der Waals surface area contributed by atoms with E-state index in [0.29, 0.717) is 85.0 Å². The van der Waals surface area contributed by atoms with E-state index in [0.717, 1.165) is 23.4 Å². The standard InChI is InChI=1S/C44H41N11O6/c1-51-19-15-43(60,41(51)58)13-9-27-5-3-6-30(22-27)54-35-12-18-53(36-11-17-46-26-47-36)25-33(35)38(50-54)40(57)48-29-21-28(10-14-44(61)16-20-52(2)42(44)59)23-31(24-29)55-34-8-4-7-32(34)37(49-55)39(45)56/h3,5-6,11,17,21-24,26,60-61H,4,7-8,12,15-16,18-20,25H2,1-2H3,(H2,45,56)(H,48,57)/t43-,44-/m0/s1. The van der Waals surface area contributed by atoms with E-state index in [4.69, 9.17) is 10.8 Å². The minimum absolute atomic E-state index is 0.141. The Balaban J connectivity index is 1.11. The van der Waals surface area contributed by atoms with Crippen molar-refractivity contribution in [3.8, 4) is 35.1 Å². The van der Waals surface area contributed by atoms with Crippen LogP contribution in [-0.2, 0) is 35.4 Å². The number of likely N-dealkylation sites (tertiary alicyclic amines) is 2. The van der Waals surface area contributed by atoms with Crippen LogP contribution in [-0.4, -0.2) is 118 Å². The lowest BCUT2D eigenvalue weighted by molar-refractivity contribution is -0.138. The Bertz CT molecular complexity index is 2790. The average Bonchev–Trinajstić information content (AvgIpc) is 4.08. The van der Waals surface area contributed by atoms with Crippen LogP contribution >= 0.6 is 0 Å². The average molecular weight is 820 g/mol. The molecule has 2 aromatic carbocycles. The molecular formula is C44H41N11O6. The maximum absolute atomic E-state index is 14.6. The normalized spacial score (nSPS) is 20.5. The highest BCUT2D eigenvalue weighted by molar-refractivity contribution is 6.04. The lowest BCUT2D eigenvalue weighted by Gasteiger charge is -2.28. The van der Waals surface area contributed by atoms with Crippen LogP contribution in [0, 0.1) is 23.7 Å². The summed E-state index contributed by atoms with van der Waals surface area (Å²) in [5.74, 6) is 10.1. The van der Waals surface area contributed by atoms with Gasteiger partial charge >= 0.3 is 0 Å². The van der Waals surface area contributed by atoms with Gasteiger partial charge in [0.1, 0.15) is 12.1 Å². The van der Waals surface area contributed by atoms with Gasteiger partial charge in [0, 0.05) is 99.4 Å². The number of hydrogen-bond acceptors (Lipinski definition) is 11. The van der Waals surface area contributed by atoms with Crippen molar-refractivity contribution < 1.29 is 29.4 Å². The van der Waals surface area contributed by atoms with E-state index in [9.17, 15) is 29.4 Å². The van der Waals surface area contributed by atoms with Crippen LogP contribution in [0.5, 0.6) is 0 Å². The summed E-state index contributed by atoms with van der Waals surface area (Å²) in [6, 6.07) is 14.1. The summed E-state index contributed by atoms with van der Waals surface area (Å²) in [6.45, 7) is 1.65. The smallest absolute Gasteiger partial charge is 0.276 e. The molecule has 2 atom stereocenters. The molecule has 0 saturated carbocycles. The molecule has 3 aliphatic heterocycles. The monoisotopic (exact) mass is 819 g/mol. The zero-order valence-electron chi connectivity index (χ0n) is 33.5. The van der Waals surface area contributed by atoms with E-state index in [2.05, 4.69) is 44.1 Å². The summed E-state index contributed by atoms with van der Waals surface area (Å²) in [6.07, 6.45) is 6.10. The van der Waals surface area contributed by atoms with Crippen molar-refractivity contribution >= 4 is 35.1 Å². The molecule has 2 saturated heterocycles. The fourth-order valence-corrected chi connectivity index (χ4v) is 8.40. The van der Waals surface area contributed by atoms with Crippen LogP contribution in [0.2, 0.25) is 0 Å². The molecule has 61 heavy (non-hydrogen) atoms. The number of carbonyl (C=O) groups excluding carboxylic acids is 4. The Kier molecular flexibility index (Phi) is 9.65. The first-order chi connectivity index (χ1) is 29.3. The molecule has 5 aromatic rings. The summed E-state index contributed by atoms with van der Waals surface area (Å²) in [5, 5.41) is 34.5. The Morgan fingerprint density at radius 2 is 1.46 bits per heavy atom. The SMILES string of the molecule is CN1CC[C@@](O)(C#Cc2cc(NC(=O)c3nn(-c4cccc(C#C[C@]5(O)CCN(C)C5=O)c4)c4c3CN(c3ccncn3)CC4)cc(-n3nc(C(N)=O)c4c3CCC4)c2)C1=O. The molecule has 6 heterocycles. The van der Waals surface area contributed by atoms with Gasteiger partial charge in [0.25, 0.3) is 23.6 Å². The molecule has 4 amide bonds. The Hall–Kier alpha value is -7.34. The molecule has 0 radical (unpaired) electrons. The van der Waals surface area contributed by atoms with Crippen molar-refractivity contribution in [3.05, 3.63) is 106 Å². The van der Waals surface area contributed by atoms with Gasteiger partial charge in [-0.3, -0.25) is 19.2 Å². The number of nitrogens with zero attached hydrogens (tertiary/aromatic N) is 9. The summed E-state index contributed by atoms with van der Waals surface area (Å²) >= 11 is 0. The third kappa shape index (κ3) is 7.13. The van der Waals surface area contributed by atoms with Gasteiger partial charge in [-0.1, -0.05) is 29.7 Å². The fraction of sp³-hybridized carbons (Fsp3) is 0.318. The third-order valence-corrected chi connectivity index (χ3v) is 11.7. The molecule has 17 nitrogen and oxygen atoms in total. The van der Waals surface area contributed by atoms with Gasteiger partial charge in [0.05, 0.1) is 17.1 Å². The fourth-order valence-electron chi connectivity index (χ4n) is 8.40. The maximum atomic E-state index is 14.6. The molecule has 308 valence electrons. The van der Waals surface area contributed by atoms with Gasteiger partial charge in [-0.25, -0.2) is 19.3 Å². The topological polar surface area (TPSA) is 218 Å². The Morgan fingerprint density at radius 1 is 0.787 bits per heavy atom. The van der Waals surface area contributed by atoms with Crippen molar-refractivity contribution in [2.75, 3.05) is 43.9 Å². The van der Waals surface area contributed by atoms with Crippen LogP contribution in [0.3, 0.4) is 0 Å². The van der Waals surface area contributed by atoms with Gasteiger partial charge < -0.3 is 36.0 Å². The van der Waals surface area contributed by atoms with Crippen LogP contribution in [0.4, 0.5) is 11.5 Å². The van der Waals surface area contributed by atoms with Crippen molar-refractivity contribution in [3.63, 3.8) is 0 Å². The number of amides is 4. The highest BCUT2D eigenvalue weighted by Gasteiger charge is 2.43. The molecule has 2 fully saturated rings. The number of fused-ring (bicyclic) bond motifs is 2. The van der Waals surface area contributed by atoms with Crippen LogP contribution < -0.4 is 16.0 Å². The molecule has 0 unspecified atom stereocenters. The summed E-state index contributed by atoms with van der Waals surface area (Å²) in [7, 11) is 3.23. The van der Waals surface area contributed by atoms with E-state index in [1.807, 2.05) is 11.0 Å². The zero-order chi connectivity index (χ0) is 42.6. The van der Waals surface area contributed by atoms with E-state index in [-0.39, 0.29) is 24.2 Å². The minimum Gasteiger partial charge on any atom is -0.369 e. The van der Waals surface area contributed by atoms with Gasteiger partial charge in [-0.15, -0.1) is 0 Å².